The molecule has 122 valence electrons. The van der Waals surface area contributed by atoms with Crippen molar-refractivity contribution in [2.45, 2.75) is 31.8 Å². The second-order valence-electron chi connectivity index (χ2n) is 6.25. The minimum absolute atomic E-state index is 0.613. The first-order valence-electron chi connectivity index (χ1n) is 8.21. The van der Waals surface area contributed by atoms with Crippen molar-refractivity contribution >= 4 is 23.2 Å². The van der Waals surface area contributed by atoms with Gasteiger partial charge >= 0.3 is 0 Å². The third-order valence-corrected chi connectivity index (χ3v) is 5.58. The van der Waals surface area contributed by atoms with Crippen LogP contribution in [0.2, 0.25) is 10.0 Å². The maximum Gasteiger partial charge on any atom is 0.0637 e. The predicted molar refractivity (Wildman–Crippen MR) is 91.8 cm³/mol. The Labute approximate surface area is 143 Å². The topological polar surface area (TPSA) is 15.7 Å². The van der Waals surface area contributed by atoms with E-state index < -0.39 is 0 Å². The highest BCUT2D eigenvalue weighted by Gasteiger charge is 2.26. The standard InChI is InChI=1S/C17H24Cl2N2O/c18-16-6-3-4-14(17(16)19)12-21-7-2-1-5-15(21)13-20-8-10-22-11-9-20/h3-4,6,15H,1-2,5,7-13H2. The van der Waals surface area contributed by atoms with Crippen LogP contribution in [0, 0.1) is 0 Å². The highest BCUT2D eigenvalue weighted by molar-refractivity contribution is 6.42. The first-order valence-corrected chi connectivity index (χ1v) is 8.96. The Balaban J connectivity index is 1.65. The zero-order valence-electron chi connectivity index (χ0n) is 12.9. The number of rotatable bonds is 4. The molecule has 0 N–H and O–H groups in total. The maximum atomic E-state index is 6.37. The first-order chi connectivity index (χ1) is 10.7. The number of hydrogen-bond donors (Lipinski definition) is 0. The van der Waals surface area contributed by atoms with Crippen LogP contribution in [0.25, 0.3) is 0 Å². The van der Waals surface area contributed by atoms with E-state index in [4.69, 9.17) is 27.9 Å². The molecule has 0 amide bonds. The number of likely N-dealkylation sites (tertiary alicyclic amines) is 1. The molecular formula is C17H24Cl2N2O. The van der Waals surface area contributed by atoms with Crippen molar-refractivity contribution in [3.63, 3.8) is 0 Å². The third kappa shape index (κ3) is 4.15. The molecule has 2 saturated heterocycles. The fourth-order valence-corrected chi connectivity index (χ4v) is 3.83. The lowest BCUT2D eigenvalue weighted by Crippen LogP contribution is -2.49. The summed E-state index contributed by atoms with van der Waals surface area (Å²) in [6.07, 6.45) is 3.88. The van der Waals surface area contributed by atoms with E-state index in [1.807, 2.05) is 12.1 Å². The lowest BCUT2D eigenvalue weighted by molar-refractivity contribution is 0.0153. The van der Waals surface area contributed by atoms with Crippen molar-refractivity contribution < 1.29 is 4.74 Å². The second kappa shape index (κ2) is 7.98. The van der Waals surface area contributed by atoms with E-state index in [9.17, 15) is 0 Å². The van der Waals surface area contributed by atoms with Gasteiger partial charge in [0.15, 0.2) is 0 Å². The molecule has 2 heterocycles. The molecule has 2 aliphatic heterocycles. The van der Waals surface area contributed by atoms with Crippen molar-refractivity contribution in [2.75, 3.05) is 39.4 Å². The van der Waals surface area contributed by atoms with Crippen LogP contribution in [0.15, 0.2) is 18.2 Å². The Morgan fingerprint density at radius 3 is 2.73 bits per heavy atom. The minimum atomic E-state index is 0.613. The Morgan fingerprint density at radius 2 is 1.91 bits per heavy atom. The van der Waals surface area contributed by atoms with E-state index in [0.29, 0.717) is 16.1 Å². The smallest absolute Gasteiger partial charge is 0.0637 e. The van der Waals surface area contributed by atoms with Crippen LogP contribution in [-0.2, 0) is 11.3 Å². The fraction of sp³-hybridized carbons (Fsp3) is 0.647. The molecule has 0 aromatic heterocycles. The Morgan fingerprint density at radius 1 is 1.09 bits per heavy atom. The van der Waals surface area contributed by atoms with Crippen LogP contribution in [-0.4, -0.2) is 55.2 Å². The van der Waals surface area contributed by atoms with Gasteiger partial charge in [0.1, 0.15) is 0 Å². The number of hydrogen-bond acceptors (Lipinski definition) is 3. The molecule has 3 nitrogen and oxygen atoms in total. The molecule has 1 aromatic rings. The van der Waals surface area contributed by atoms with E-state index in [1.165, 1.54) is 19.3 Å². The van der Waals surface area contributed by atoms with Gasteiger partial charge in [0.25, 0.3) is 0 Å². The number of benzene rings is 1. The second-order valence-corrected chi connectivity index (χ2v) is 7.03. The average Bonchev–Trinajstić information content (AvgIpc) is 2.55. The van der Waals surface area contributed by atoms with Gasteiger partial charge in [0.05, 0.1) is 23.3 Å². The highest BCUT2D eigenvalue weighted by Crippen LogP contribution is 2.28. The molecule has 0 bridgehead atoms. The molecule has 3 rings (SSSR count). The third-order valence-electron chi connectivity index (χ3n) is 4.73. The van der Waals surface area contributed by atoms with E-state index in [-0.39, 0.29) is 0 Å². The zero-order chi connectivity index (χ0) is 15.4. The SMILES string of the molecule is Clc1cccc(CN2CCCCC2CN2CCOCC2)c1Cl. The Hall–Kier alpha value is -0.320. The van der Waals surface area contributed by atoms with E-state index >= 15 is 0 Å². The minimum Gasteiger partial charge on any atom is -0.379 e. The van der Waals surface area contributed by atoms with Gasteiger partial charge in [0.2, 0.25) is 0 Å². The Kier molecular flexibility index (Phi) is 6.00. The molecule has 0 saturated carbocycles. The summed E-state index contributed by atoms with van der Waals surface area (Å²) in [5.41, 5.74) is 1.14. The van der Waals surface area contributed by atoms with Crippen molar-refractivity contribution in [1.29, 1.82) is 0 Å². The molecule has 5 heteroatoms. The van der Waals surface area contributed by atoms with E-state index in [1.54, 1.807) is 0 Å². The molecule has 1 aromatic carbocycles. The molecule has 2 aliphatic rings. The number of halogens is 2. The van der Waals surface area contributed by atoms with Gasteiger partial charge in [-0.3, -0.25) is 9.80 Å². The van der Waals surface area contributed by atoms with E-state index in [2.05, 4.69) is 15.9 Å². The summed E-state index contributed by atoms with van der Waals surface area (Å²) in [5, 5.41) is 1.36. The predicted octanol–water partition coefficient (Wildman–Crippen LogP) is 3.68. The quantitative estimate of drug-likeness (QED) is 0.829. The normalized spacial score (nSPS) is 24.5. The molecular weight excluding hydrogens is 319 g/mol. The van der Waals surface area contributed by atoms with Crippen LogP contribution >= 0.6 is 23.2 Å². The highest BCUT2D eigenvalue weighted by atomic mass is 35.5. The average molecular weight is 343 g/mol. The van der Waals surface area contributed by atoms with Gasteiger partial charge in [-0.1, -0.05) is 41.8 Å². The molecule has 1 unspecified atom stereocenters. The summed E-state index contributed by atoms with van der Waals surface area (Å²) in [6.45, 7) is 7.04. The van der Waals surface area contributed by atoms with Crippen molar-refractivity contribution in [3.05, 3.63) is 33.8 Å². The van der Waals surface area contributed by atoms with Crippen molar-refractivity contribution in [3.8, 4) is 0 Å². The van der Waals surface area contributed by atoms with Crippen LogP contribution in [0.1, 0.15) is 24.8 Å². The lowest BCUT2D eigenvalue weighted by atomic mass is 10.0. The number of piperidine rings is 1. The van der Waals surface area contributed by atoms with Gasteiger partial charge in [-0.2, -0.15) is 0 Å². The first kappa shape index (κ1) is 16.5. The van der Waals surface area contributed by atoms with Gasteiger partial charge in [-0.25, -0.2) is 0 Å². The maximum absolute atomic E-state index is 6.37. The number of ether oxygens (including phenoxy) is 1. The lowest BCUT2D eigenvalue weighted by Gasteiger charge is -2.39. The van der Waals surface area contributed by atoms with Crippen molar-refractivity contribution in [1.82, 2.24) is 9.80 Å². The molecule has 1 atom stereocenters. The summed E-state index contributed by atoms with van der Waals surface area (Å²) in [5.74, 6) is 0. The van der Waals surface area contributed by atoms with Gasteiger partial charge in [-0.15, -0.1) is 0 Å². The number of morpholine rings is 1. The van der Waals surface area contributed by atoms with Crippen LogP contribution < -0.4 is 0 Å². The summed E-state index contributed by atoms with van der Waals surface area (Å²) in [7, 11) is 0. The molecule has 0 spiro atoms. The fourth-order valence-electron chi connectivity index (χ4n) is 3.45. The number of nitrogens with zero attached hydrogens (tertiary/aromatic N) is 2. The van der Waals surface area contributed by atoms with Crippen LogP contribution in [0.5, 0.6) is 0 Å². The summed E-state index contributed by atoms with van der Waals surface area (Å²) in [6, 6.07) is 6.55. The van der Waals surface area contributed by atoms with Crippen LogP contribution in [0.4, 0.5) is 0 Å². The Bertz CT molecular complexity index is 492. The van der Waals surface area contributed by atoms with Gasteiger partial charge in [0, 0.05) is 32.2 Å². The zero-order valence-corrected chi connectivity index (χ0v) is 14.5. The summed E-state index contributed by atoms with van der Waals surface area (Å²) in [4.78, 5) is 5.11. The largest absolute Gasteiger partial charge is 0.379 e. The van der Waals surface area contributed by atoms with Crippen LogP contribution in [0.3, 0.4) is 0 Å². The van der Waals surface area contributed by atoms with Gasteiger partial charge < -0.3 is 4.74 Å². The molecule has 2 fully saturated rings. The monoisotopic (exact) mass is 342 g/mol. The van der Waals surface area contributed by atoms with Crippen molar-refractivity contribution in [2.24, 2.45) is 0 Å². The summed E-state index contributed by atoms with van der Waals surface area (Å²) < 4.78 is 5.45. The molecule has 0 aliphatic carbocycles. The molecule has 22 heavy (non-hydrogen) atoms. The van der Waals surface area contributed by atoms with E-state index in [0.717, 1.165) is 51.5 Å². The molecule has 0 radical (unpaired) electrons. The van der Waals surface area contributed by atoms with Gasteiger partial charge in [-0.05, 0) is 31.0 Å². The summed E-state index contributed by atoms with van der Waals surface area (Å²) >= 11 is 12.5.